The predicted molar refractivity (Wildman–Crippen MR) is 35.7 cm³/mol. The number of hydrogen-bond donors (Lipinski definition) is 0. The van der Waals surface area contributed by atoms with Crippen molar-refractivity contribution in [3.8, 4) is 0 Å². The molecule has 0 aromatic carbocycles. The highest BCUT2D eigenvalue weighted by Crippen LogP contribution is 1.94. The third kappa shape index (κ3) is 4.81. The van der Waals surface area contributed by atoms with Crippen molar-refractivity contribution in [1.29, 1.82) is 0 Å². The second-order valence-electron chi connectivity index (χ2n) is 1.65. The maximum atomic E-state index is 10.3. The predicted octanol–water partition coefficient (Wildman–Crippen LogP) is 1.64. The van der Waals surface area contributed by atoms with Gasteiger partial charge in [0.25, 0.3) is 0 Å². The lowest BCUT2D eigenvalue weighted by atomic mass is 10.4. The summed E-state index contributed by atoms with van der Waals surface area (Å²) < 4.78 is 4.76. The Labute approximate surface area is 54.8 Å². The maximum absolute atomic E-state index is 10.3. The molecule has 0 aliphatic heterocycles. The van der Waals surface area contributed by atoms with Crippen molar-refractivity contribution >= 4 is 5.78 Å². The summed E-state index contributed by atoms with van der Waals surface area (Å²) in [5.41, 5.74) is 0. The molecule has 0 aromatic rings. The minimum atomic E-state index is -0.0191. The number of ether oxygens (including phenoxy) is 1. The van der Waals surface area contributed by atoms with Crippen LogP contribution >= 0.6 is 0 Å². The SMILES string of the molecule is C=CO/C(C)=C\C(C)=O. The summed E-state index contributed by atoms with van der Waals surface area (Å²) in [6.45, 7) is 6.50. The second kappa shape index (κ2) is 3.89. The summed E-state index contributed by atoms with van der Waals surface area (Å²) in [6.07, 6.45) is 2.69. The fraction of sp³-hybridized carbons (Fsp3) is 0.286. The average Bonchev–Trinajstić information content (AvgIpc) is 1.63. The molecule has 0 atom stereocenters. The third-order valence-corrected chi connectivity index (χ3v) is 0.676. The molecule has 0 N–H and O–H groups in total. The number of allylic oxidation sites excluding steroid dienone is 2. The number of rotatable bonds is 3. The third-order valence-electron chi connectivity index (χ3n) is 0.676. The Morgan fingerprint density at radius 1 is 1.56 bits per heavy atom. The van der Waals surface area contributed by atoms with Crippen molar-refractivity contribution in [2.45, 2.75) is 13.8 Å². The van der Waals surface area contributed by atoms with Gasteiger partial charge in [-0.15, -0.1) is 0 Å². The smallest absolute Gasteiger partial charge is 0.155 e. The van der Waals surface area contributed by atoms with Crippen molar-refractivity contribution in [1.82, 2.24) is 0 Å². The average molecular weight is 126 g/mol. The van der Waals surface area contributed by atoms with Gasteiger partial charge < -0.3 is 4.74 Å². The highest BCUT2D eigenvalue weighted by atomic mass is 16.5. The Morgan fingerprint density at radius 2 is 2.11 bits per heavy atom. The largest absolute Gasteiger partial charge is 0.470 e. The van der Waals surface area contributed by atoms with Gasteiger partial charge in [-0.1, -0.05) is 6.58 Å². The van der Waals surface area contributed by atoms with E-state index in [1.165, 1.54) is 19.3 Å². The molecule has 0 rings (SSSR count). The Balaban J connectivity index is 3.83. The molecule has 0 radical (unpaired) electrons. The molecule has 2 heteroatoms. The van der Waals surface area contributed by atoms with E-state index in [0.29, 0.717) is 5.76 Å². The molecule has 0 aliphatic rings. The normalized spacial score (nSPS) is 10.7. The van der Waals surface area contributed by atoms with Crippen molar-refractivity contribution in [2.24, 2.45) is 0 Å². The van der Waals surface area contributed by atoms with Gasteiger partial charge in [-0.2, -0.15) is 0 Å². The van der Waals surface area contributed by atoms with Gasteiger partial charge in [0, 0.05) is 6.08 Å². The molecule has 0 bridgehead atoms. The van der Waals surface area contributed by atoms with Crippen LogP contribution in [0, 0.1) is 0 Å². The number of hydrogen-bond acceptors (Lipinski definition) is 2. The number of ketones is 1. The van der Waals surface area contributed by atoms with E-state index >= 15 is 0 Å². The van der Waals surface area contributed by atoms with Gasteiger partial charge in [0.05, 0.1) is 6.26 Å². The molecule has 2 nitrogen and oxygen atoms in total. The minimum Gasteiger partial charge on any atom is -0.470 e. The van der Waals surface area contributed by atoms with Gasteiger partial charge in [-0.3, -0.25) is 4.79 Å². The van der Waals surface area contributed by atoms with Crippen molar-refractivity contribution in [2.75, 3.05) is 0 Å². The van der Waals surface area contributed by atoms with Crippen molar-refractivity contribution < 1.29 is 9.53 Å². The van der Waals surface area contributed by atoms with Crippen LogP contribution in [0.4, 0.5) is 0 Å². The van der Waals surface area contributed by atoms with Crippen molar-refractivity contribution in [3.05, 3.63) is 24.7 Å². The summed E-state index contributed by atoms with van der Waals surface area (Å²) in [5, 5.41) is 0. The van der Waals surface area contributed by atoms with E-state index in [2.05, 4.69) is 6.58 Å². The number of carbonyl (C=O) groups excluding carboxylic acids is 1. The fourth-order valence-corrected chi connectivity index (χ4v) is 0.452. The summed E-state index contributed by atoms with van der Waals surface area (Å²) in [7, 11) is 0. The first-order chi connectivity index (χ1) is 4.16. The first-order valence-electron chi connectivity index (χ1n) is 2.63. The van der Waals surface area contributed by atoms with E-state index < -0.39 is 0 Å². The zero-order valence-corrected chi connectivity index (χ0v) is 5.68. The standard InChI is InChI=1S/C7H10O2/c1-4-9-7(3)5-6(2)8/h4-5H,1H2,2-3H3/b7-5-. The minimum absolute atomic E-state index is 0.0191. The van der Waals surface area contributed by atoms with Gasteiger partial charge in [0.15, 0.2) is 5.78 Å². The summed E-state index contributed by atoms with van der Waals surface area (Å²) >= 11 is 0. The molecule has 0 fully saturated rings. The summed E-state index contributed by atoms with van der Waals surface area (Å²) in [6, 6.07) is 0. The molecule has 0 aromatic heterocycles. The fourth-order valence-electron chi connectivity index (χ4n) is 0.452. The molecular formula is C7H10O2. The molecule has 0 amide bonds. The molecule has 0 heterocycles. The van der Waals surface area contributed by atoms with E-state index in [1.54, 1.807) is 6.92 Å². The summed E-state index contributed by atoms with van der Waals surface area (Å²) in [5.74, 6) is 0.548. The Hall–Kier alpha value is -1.05. The highest BCUT2D eigenvalue weighted by molar-refractivity contribution is 5.87. The molecular weight excluding hydrogens is 116 g/mol. The van der Waals surface area contributed by atoms with Crippen LogP contribution in [0.25, 0.3) is 0 Å². The van der Waals surface area contributed by atoms with Gasteiger partial charge in [-0.25, -0.2) is 0 Å². The lowest BCUT2D eigenvalue weighted by molar-refractivity contribution is -0.112. The molecule has 50 valence electrons. The monoisotopic (exact) mass is 126 g/mol. The lowest BCUT2D eigenvalue weighted by Gasteiger charge is -1.94. The molecule has 0 saturated heterocycles. The van der Waals surface area contributed by atoms with E-state index in [4.69, 9.17) is 4.74 Å². The van der Waals surface area contributed by atoms with E-state index in [9.17, 15) is 4.79 Å². The van der Waals surface area contributed by atoms with Crippen LogP contribution in [0.15, 0.2) is 24.7 Å². The zero-order valence-electron chi connectivity index (χ0n) is 5.68. The molecule has 9 heavy (non-hydrogen) atoms. The second-order valence-corrected chi connectivity index (χ2v) is 1.65. The first-order valence-corrected chi connectivity index (χ1v) is 2.63. The van der Waals surface area contributed by atoms with E-state index in [-0.39, 0.29) is 5.78 Å². The van der Waals surface area contributed by atoms with Gasteiger partial charge in [-0.05, 0) is 13.8 Å². The van der Waals surface area contributed by atoms with Crippen LogP contribution in [0.3, 0.4) is 0 Å². The summed E-state index contributed by atoms with van der Waals surface area (Å²) in [4.78, 5) is 10.3. The Morgan fingerprint density at radius 3 is 2.44 bits per heavy atom. The zero-order chi connectivity index (χ0) is 7.28. The quantitative estimate of drug-likeness (QED) is 0.424. The first kappa shape index (κ1) is 7.95. The maximum Gasteiger partial charge on any atom is 0.155 e. The van der Waals surface area contributed by atoms with Crippen LogP contribution in [0.2, 0.25) is 0 Å². The highest BCUT2D eigenvalue weighted by Gasteiger charge is 1.87. The van der Waals surface area contributed by atoms with Gasteiger partial charge in [0.1, 0.15) is 5.76 Å². The number of carbonyl (C=O) groups is 1. The molecule has 0 unspecified atom stereocenters. The topological polar surface area (TPSA) is 26.3 Å². The van der Waals surface area contributed by atoms with Crippen molar-refractivity contribution in [3.63, 3.8) is 0 Å². The van der Waals surface area contributed by atoms with E-state index in [1.807, 2.05) is 0 Å². The molecule has 0 aliphatic carbocycles. The molecule has 0 spiro atoms. The van der Waals surface area contributed by atoms with Crippen LogP contribution in [-0.2, 0) is 9.53 Å². The Bertz CT molecular complexity index is 145. The van der Waals surface area contributed by atoms with Gasteiger partial charge >= 0.3 is 0 Å². The molecule has 0 saturated carbocycles. The Kier molecular flexibility index (Phi) is 3.44. The van der Waals surface area contributed by atoms with Crippen LogP contribution in [0.1, 0.15) is 13.8 Å². The lowest BCUT2D eigenvalue weighted by Crippen LogP contribution is -1.85. The van der Waals surface area contributed by atoms with E-state index in [0.717, 1.165) is 0 Å². The van der Waals surface area contributed by atoms with Crippen LogP contribution in [0.5, 0.6) is 0 Å². The van der Waals surface area contributed by atoms with Crippen LogP contribution < -0.4 is 0 Å². The van der Waals surface area contributed by atoms with Crippen LogP contribution in [-0.4, -0.2) is 5.78 Å². The van der Waals surface area contributed by atoms with Gasteiger partial charge in [0.2, 0.25) is 0 Å².